The molecule has 6 nitrogen and oxygen atoms in total. The van der Waals surface area contributed by atoms with Crippen molar-refractivity contribution in [2.75, 3.05) is 13.1 Å². The summed E-state index contributed by atoms with van der Waals surface area (Å²) >= 11 is 1.15. The van der Waals surface area contributed by atoms with Gasteiger partial charge in [-0.3, -0.25) is 0 Å². The molecule has 1 fully saturated rings. The predicted molar refractivity (Wildman–Crippen MR) is 103 cm³/mol. The zero-order valence-electron chi connectivity index (χ0n) is 15.2. The smallest absolute Gasteiger partial charge is 0.317 e. The van der Waals surface area contributed by atoms with E-state index in [1.807, 2.05) is 0 Å². The van der Waals surface area contributed by atoms with Crippen LogP contribution < -0.4 is 10.0 Å². The molecule has 2 heterocycles. The fraction of sp³-hybridized carbons (Fsp3) is 0.389. The zero-order valence-corrected chi connectivity index (χ0v) is 16.8. The number of hydrogen-bond acceptors (Lipinski definition) is 4. The third-order valence-corrected chi connectivity index (χ3v) is 7.55. The van der Waals surface area contributed by atoms with Gasteiger partial charge in [0, 0.05) is 30.8 Å². The lowest BCUT2D eigenvalue weighted by molar-refractivity contribution is 0.177. The van der Waals surface area contributed by atoms with Crippen LogP contribution in [0.4, 0.5) is 13.6 Å². The highest BCUT2D eigenvalue weighted by atomic mass is 32.2. The Morgan fingerprint density at radius 1 is 1.25 bits per heavy atom. The lowest BCUT2D eigenvalue weighted by Gasteiger charge is -2.33. The highest BCUT2D eigenvalue weighted by molar-refractivity contribution is 7.91. The topological polar surface area (TPSA) is 78.5 Å². The van der Waals surface area contributed by atoms with Gasteiger partial charge in [-0.25, -0.2) is 26.7 Å². The number of nitrogens with zero attached hydrogens (tertiary/aromatic N) is 1. The monoisotopic (exact) mass is 429 g/mol. The molecule has 1 aromatic heterocycles. The van der Waals surface area contributed by atoms with Gasteiger partial charge in [0.15, 0.2) is 0 Å². The van der Waals surface area contributed by atoms with Crippen LogP contribution >= 0.6 is 11.3 Å². The van der Waals surface area contributed by atoms with Crippen LogP contribution in [-0.4, -0.2) is 38.5 Å². The van der Waals surface area contributed by atoms with Gasteiger partial charge < -0.3 is 10.2 Å². The first-order valence-corrected chi connectivity index (χ1v) is 11.2. The summed E-state index contributed by atoms with van der Waals surface area (Å²) in [5.74, 6) is -1.39. The summed E-state index contributed by atoms with van der Waals surface area (Å²) in [6, 6.07) is 5.22. The molecule has 0 bridgehead atoms. The molecule has 1 saturated heterocycles. The van der Waals surface area contributed by atoms with E-state index in [2.05, 4.69) is 10.0 Å². The predicted octanol–water partition coefficient (Wildman–Crippen LogP) is 3.24. The van der Waals surface area contributed by atoms with Crippen molar-refractivity contribution in [3.63, 3.8) is 0 Å². The number of amides is 2. The van der Waals surface area contributed by atoms with E-state index in [4.69, 9.17) is 0 Å². The highest BCUT2D eigenvalue weighted by Crippen LogP contribution is 2.20. The normalized spacial score (nSPS) is 16.8. The fourth-order valence-electron chi connectivity index (χ4n) is 3.10. The number of sulfonamides is 1. The average molecular weight is 430 g/mol. The van der Waals surface area contributed by atoms with Crippen LogP contribution in [0.3, 0.4) is 0 Å². The van der Waals surface area contributed by atoms with Crippen LogP contribution in [0.5, 0.6) is 0 Å². The molecule has 10 heteroatoms. The first-order valence-electron chi connectivity index (χ1n) is 8.82. The Bertz CT molecular complexity index is 928. The number of rotatable bonds is 5. The first kappa shape index (κ1) is 20.7. The summed E-state index contributed by atoms with van der Waals surface area (Å²) in [6.07, 6.45) is 0.967. The Morgan fingerprint density at radius 2 is 1.96 bits per heavy atom. The molecule has 152 valence electrons. The third-order valence-electron chi connectivity index (χ3n) is 4.63. The van der Waals surface area contributed by atoms with Gasteiger partial charge in [-0.05, 0) is 37.3 Å². The van der Waals surface area contributed by atoms with Crippen molar-refractivity contribution in [3.05, 3.63) is 52.9 Å². The summed E-state index contributed by atoms with van der Waals surface area (Å²) in [6.45, 7) is 2.38. The van der Waals surface area contributed by atoms with Crippen LogP contribution in [0.25, 0.3) is 0 Å². The van der Waals surface area contributed by atoms with E-state index < -0.39 is 27.7 Å². The molecule has 2 aromatic rings. The van der Waals surface area contributed by atoms with Crippen molar-refractivity contribution in [2.24, 2.45) is 0 Å². The van der Waals surface area contributed by atoms with Gasteiger partial charge in [-0.15, -0.1) is 11.3 Å². The molecule has 1 aliphatic rings. The maximum atomic E-state index is 13.8. The maximum Gasteiger partial charge on any atom is 0.317 e. The van der Waals surface area contributed by atoms with Crippen molar-refractivity contribution in [1.82, 2.24) is 14.9 Å². The molecule has 2 amide bonds. The van der Waals surface area contributed by atoms with Crippen LogP contribution in [0.2, 0.25) is 0 Å². The van der Waals surface area contributed by atoms with Crippen molar-refractivity contribution in [2.45, 2.75) is 36.1 Å². The van der Waals surface area contributed by atoms with Crippen molar-refractivity contribution in [1.29, 1.82) is 0 Å². The molecule has 1 atom stereocenters. The molecular formula is C18H21F2N3O3S2. The number of halogens is 2. The highest BCUT2D eigenvalue weighted by Gasteiger charge is 2.28. The molecule has 0 aliphatic carbocycles. The van der Waals surface area contributed by atoms with Gasteiger partial charge in [0.1, 0.15) is 15.8 Å². The zero-order chi connectivity index (χ0) is 20.3. The second-order valence-electron chi connectivity index (χ2n) is 6.65. The molecule has 0 saturated carbocycles. The Labute approximate surface area is 166 Å². The molecule has 0 spiro atoms. The second kappa shape index (κ2) is 8.54. The second-order valence-corrected chi connectivity index (χ2v) is 9.54. The maximum absolute atomic E-state index is 13.8. The van der Waals surface area contributed by atoms with Crippen molar-refractivity contribution < 1.29 is 22.0 Å². The SMILES string of the molecule is C[C@H](NC(=O)N1CCC(NS(=O)(=O)c2cccs2)CC1)c1ccc(F)cc1F. The Morgan fingerprint density at radius 3 is 2.57 bits per heavy atom. The number of carbonyl (C=O) groups is 1. The molecule has 28 heavy (non-hydrogen) atoms. The van der Waals surface area contributed by atoms with E-state index in [1.165, 1.54) is 6.07 Å². The largest absolute Gasteiger partial charge is 0.331 e. The third kappa shape index (κ3) is 4.86. The van der Waals surface area contributed by atoms with Crippen LogP contribution in [0.1, 0.15) is 31.4 Å². The van der Waals surface area contributed by atoms with Crippen molar-refractivity contribution in [3.8, 4) is 0 Å². The van der Waals surface area contributed by atoms with Gasteiger partial charge in [-0.1, -0.05) is 12.1 Å². The quantitative estimate of drug-likeness (QED) is 0.766. The van der Waals surface area contributed by atoms with E-state index >= 15 is 0 Å². The number of benzene rings is 1. The standard InChI is InChI=1S/C18H21F2N3O3S2/c1-12(15-5-4-13(19)11-16(15)20)21-18(24)23-8-6-14(7-9-23)22-28(25,26)17-3-2-10-27-17/h2-5,10-12,14,22H,6-9H2,1H3,(H,21,24)/t12-/m0/s1. The van der Waals surface area contributed by atoms with Gasteiger partial charge in [0.05, 0.1) is 6.04 Å². The van der Waals surface area contributed by atoms with Crippen LogP contribution in [-0.2, 0) is 10.0 Å². The summed E-state index contributed by atoms with van der Waals surface area (Å²) in [5, 5.41) is 4.40. The number of urea groups is 1. The first-order chi connectivity index (χ1) is 13.3. The summed E-state index contributed by atoms with van der Waals surface area (Å²) in [7, 11) is -3.54. The minimum atomic E-state index is -3.54. The molecule has 2 N–H and O–H groups in total. The van der Waals surface area contributed by atoms with E-state index in [1.54, 1.807) is 29.3 Å². The Hall–Kier alpha value is -2.04. The van der Waals surface area contributed by atoms with Gasteiger partial charge in [-0.2, -0.15) is 0 Å². The molecule has 3 rings (SSSR count). The number of likely N-dealkylation sites (tertiary alicyclic amines) is 1. The van der Waals surface area contributed by atoms with Gasteiger partial charge >= 0.3 is 6.03 Å². The van der Waals surface area contributed by atoms with E-state index in [0.717, 1.165) is 23.5 Å². The number of hydrogen-bond donors (Lipinski definition) is 2. The minimum Gasteiger partial charge on any atom is -0.331 e. The molecule has 1 aromatic carbocycles. The molecule has 0 unspecified atom stereocenters. The summed E-state index contributed by atoms with van der Waals surface area (Å²) < 4.78 is 54.4. The van der Waals surface area contributed by atoms with E-state index in [9.17, 15) is 22.0 Å². The van der Waals surface area contributed by atoms with Crippen LogP contribution in [0, 0.1) is 11.6 Å². The Kier molecular flexibility index (Phi) is 6.31. The van der Waals surface area contributed by atoms with Gasteiger partial charge in [0.25, 0.3) is 0 Å². The van der Waals surface area contributed by atoms with Crippen LogP contribution in [0.15, 0.2) is 39.9 Å². The molecular weight excluding hydrogens is 408 g/mol. The van der Waals surface area contributed by atoms with Gasteiger partial charge in [0.2, 0.25) is 10.0 Å². The molecule has 1 aliphatic heterocycles. The number of thiophene rings is 1. The number of carbonyl (C=O) groups excluding carboxylic acids is 1. The number of nitrogens with one attached hydrogen (secondary N) is 2. The molecule has 0 radical (unpaired) electrons. The fourth-order valence-corrected chi connectivity index (χ4v) is 5.42. The summed E-state index contributed by atoms with van der Waals surface area (Å²) in [5.41, 5.74) is 0.202. The Balaban J connectivity index is 1.52. The van der Waals surface area contributed by atoms with E-state index in [0.29, 0.717) is 25.9 Å². The minimum absolute atomic E-state index is 0.202. The lowest BCUT2D eigenvalue weighted by Crippen LogP contribution is -2.49. The lowest BCUT2D eigenvalue weighted by atomic mass is 10.1. The van der Waals surface area contributed by atoms with Crippen molar-refractivity contribution >= 4 is 27.4 Å². The average Bonchev–Trinajstić information content (AvgIpc) is 3.17. The number of piperidine rings is 1. The summed E-state index contributed by atoms with van der Waals surface area (Å²) in [4.78, 5) is 14.0. The van der Waals surface area contributed by atoms with E-state index in [-0.39, 0.29) is 21.8 Å².